The Morgan fingerprint density at radius 2 is 1.43 bits per heavy atom. The fourth-order valence-electron chi connectivity index (χ4n) is 2.29. The van der Waals surface area contributed by atoms with Crippen LogP contribution in [0.4, 0.5) is 0 Å². The number of likely N-dealkylation sites (tertiary alicyclic amines) is 1. The molecule has 0 atom stereocenters. The van der Waals surface area contributed by atoms with Crippen molar-refractivity contribution >= 4 is 0 Å². The minimum atomic E-state index is 0.307. The van der Waals surface area contributed by atoms with E-state index in [4.69, 9.17) is 0 Å². The maximum Gasteiger partial charge on any atom is -0.00104 e. The summed E-state index contributed by atoms with van der Waals surface area (Å²) in [5.74, 6) is 0. The Labute approximate surface area is 135 Å². The van der Waals surface area contributed by atoms with E-state index in [1.807, 2.05) is 53.7 Å². The van der Waals surface area contributed by atoms with E-state index in [0.717, 1.165) is 0 Å². The van der Waals surface area contributed by atoms with Crippen molar-refractivity contribution in [2.24, 2.45) is 5.41 Å². The molecule has 0 radical (unpaired) electrons. The minimum Gasteiger partial charge on any atom is -0.304 e. The zero-order valence-electron chi connectivity index (χ0n) is 16.1. The predicted octanol–water partition coefficient (Wildman–Crippen LogP) is 6.49. The molecule has 1 aliphatic heterocycles. The third kappa shape index (κ3) is 9.68. The van der Waals surface area contributed by atoms with Crippen LogP contribution in [0.2, 0.25) is 0 Å². The van der Waals surface area contributed by atoms with E-state index in [0.29, 0.717) is 5.41 Å². The molecule has 0 aliphatic carbocycles. The molecule has 0 aromatic carbocycles. The summed E-state index contributed by atoms with van der Waals surface area (Å²) in [5.41, 5.74) is 1.65. The first kappa shape index (κ1) is 25.2. The number of allylic oxidation sites excluding steroid dienone is 4. The van der Waals surface area contributed by atoms with E-state index in [-0.39, 0.29) is 0 Å². The van der Waals surface area contributed by atoms with Gasteiger partial charge in [0.1, 0.15) is 0 Å². The number of hydrogen-bond acceptors (Lipinski definition) is 1. The largest absolute Gasteiger partial charge is 0.304 e. The summed E-state index contributed by atoms with van der Waals surface area (Å²) >= 11 is 0. The average molecular weight is 296 g/mol. The number of nitrogens with zero attached hydrogens (tertiary/aromatic N) is 1. The smallest absolute Gasteiger partial charge is 0.00104 e. The van der Waals surface area contributed by atoms with Crippen LogP contribution < -0.4 is 0 Å². The summed E-state index contributed by atoms with van der Waals surface area (Å²) < 4.78 is 0. The van der Waals surface area contributed by atoms with Gasteiger partial charge >= 0.3 is 0 Å². The Morgan fingerprint density at radius 1 is 1.00 bits per heavy atom. The second kappa shape index (κ2) is 17.2. The highest BCUT2D eigenvalue weighted by molar-refractivity contribution is 5.28. The van der Waals surface area contributed by atoms with Crippen molar-refractivity contribution in [3.63, 3.8) is 0 Å². The highest BCUT2D eigenvalue weighted by atomic mass is 15.1. The Kier molecular flexibility index (Phi) is 20.6. The Bertz CT molecular complexity index is 255. The molecule has 1 rings (SSSR count). The second-order valence-electron chi connectivity index (χ2n) is 4.56. The molecular formula is C20H41N. The van der Waals surface area contributed by atoms with Crippen LogP contribution in [0, 0.1) is 5.41 Å². The summed E-state index contributed by atoms with van der Waals surface area (Å²) in [7, 11) is 0. The van der Waals surface area contributed by atoms with Crippen LogP contribution in [-0.2, 0) is 0 Å². The fourth-order valence-corrected chi connectivity index (χ4v) is 2.29. The van der Waals surface area contributed by atoms with Gasteiger partial charge in [0.25, 0.3) is 0 Å². The third-order valence-electron chi connectivity index (χ3n) is 3.62. The van der Waals surface area contributed by atoms with Crippen LogP contribution in [-0.4, -0.2) is 24.5 Å². The molecule has 0 N–H and O–H groups in total. The second-order valence-corrected chi connectivity index (χ2v) is 4.56. The van der Waals surface area contributed by atoms with Crippen LogP contribution in [0.25, 0.3) is 0 Å². The molecule has 1 heterocycles. The summed E-state index contributed by atoms with van der Waals surface area (Å²) in [4.78, 5) is 2.51. The molecule has 0 saturated carbocycles. The monoisotopic (exact) mass is 295 g/mol. The van der Waals surface area contributed by atoms with E-state index in [2.05, 4.69) is 38.0 Å². The quantitative estimate of drug-likeness (QED) is 0.536. The summed E-state index contributed by atoms with van der Waals surface area (Å²) in [6, 6.07) is 0. The van der Waals surface area contributed by atoms with Crippen molar-refractivity contribution < 1.29 is 0 Å². The van der Waals surface area contributed by atoms with Crippen molar-refractivity contribution in [1.82, 2.24) is 4.90 Å². The maximum atomic E-state index is 3.91. The highest BCUT2D eigenvalue weighted by Gasteiger charge is 2.31. The standard InChI is InChI=1S/C14H23N.3C2H6/c1-5-8-13(6-2)14(4)9-11-15(7-3)12-10-14;3*1-2/h5-6,8H,1-2,7,9-12H2,3-4H3;3*1-2H3/b13-8+;;;. The van der Waals surface area contributed by atoms with Crippen molar-refractivity contribution in [2.75, 3.05) is 19.6 Å². The Morgan fingerprint density at radius 3 is 1.71 bits per heavy atom. The summed E-state index contributed by atoms with van der Waals surface area (Å²) in [5, 5.41) is 0. The SMILES string of the molecule is C=C/C=C(\C=C)C1(C)CCN(CC)CC1.CC.CC.CC. The first-order valence-corrected chi connectivity index (χ1v) is 8.84. The van der Waals surface area contributed by atoms with Crippen molar-refractivity contribution in [1.29, 1.82) is 0 Å². The number of rotatable bonds is 4. The lowest BCUT2D eigenvalue weighted by atomic mass is 9.74. The molecule has 0 aromatic heterocycles. The fraction of sp³-hybridized carbons (Fsp3) is 0.700. The van der Waals surface area contributed by atoms with Crippen LogP contribution in [0.1, 0.15) is 68.2 Å². The molecule has 1 heteroatoms. The van der Waals surface area contributed by atoms with Crippen molar-refractivity contribution in [2.45, 2.75) is 68.2 Å². The molecule has 0 bridgehead atoms. The van der Waals surface area contributed by atoms with Crippen LogP contribution in [0.3, 0.4) is 0 Å². The molecule has 0 aromatic rings. The van der Waals surface area contributed by atoms with Gasteiger partial charge in [-0.2, -0.15) is 0 Å². The van der Waals surface area contributed by atoms with Crippen LogP contribution in [0.5, 0.6) is 0 Å². The van der Waals surface area contributed by atoms with Crippen molar-refractivity contribution in [3.05, 3.63) is 37.0 Å². The predicted molar refractivity (Wildman–Crippen MR) is 102 cm³/mol. The van der Waals surface area contributed by atoms with Gasteiger partial charge in [0.05, 0.1) is 0 Å². The summed E-state index contributed by atoms with van der Waals surface area (Å²) in [6.45, 7) is 27.8. The van der Waals surface area contributed by atoms with Gasteiger partial charge in [-0.1, -0.05) is 86.8 Å². The lowest BCUT2D eigenvalue weighted by Crippen LogP contribution is -2.39. The van der Waals surface area contributed by atoms with E-state index < -0.39 is 0 Å². The zero-order chi connectivity index (χ0) is 17.3. The zero-order valence-corrected chi connectivity index (χ0v) is 16.1. The molecule has 1 fully saturated rings. The van der Waals surface area contributed by atoms with Gasteiger partial charge in [-0.3, -0.25) is 0 Å². The van der Waals surface area contributed by atoms with Gasteiger partial charge in [0.15, 0.2) is 0 Å². The van der Waals surface area contributed by atoms with Crippen LogP contribution >= 0.6 is 0 Å². The first-order valence-electron chi connectivity index (χ1n) is 8.84. The molecule has 1 nitrogen and oxygen atoms in total. The lowest BCUT2D eigenvalue weighted by molar-refractivity contribution is 0.153. The van der Waals surface area contributed by atoms with Gasteiger partial charge in [-0.05, 0) is 43.5 Å². The third-order valence-corrected chi connectivity index (χ3v) is 3.62. The molecular weight excluding hydrogens is 254 g/mol. The van der Waals surface area contributed by atoms with Gasteiger partial charge in [-0.15, -0.1) is 0 Å². The molecule has 0 unspecified atom stereocenters. The topological polar surface area (TPSA) is 3.24 Å². The summed E-state index contributed by atoms with van der Waals surface area (Å²) in [6.07, 6.45) is 8.42. The van der Waals surface area contributed by atoms with E-state index >= 15 is 0 Å². The Balaban J connectivity index is -0.000000478. The maximum absolute atomic E-state index is 3.91. The molecule has 21 heavy (non-hydrogen) atoms. The number of piperidine rings is 1. The van der Waals surface area contributed by atoms with Gasteiger partial charge in [0.2, 0.25) is 0 Å². The Hall–Kier alpha value is -0.820. The molecule has 1 aliphatic rings. The van der Waals surface area contributed by atoms with Gasteiger partial charge in [0, 0.05) is 0 Å². The normalized spacial score (nSPS) is 16.9. The van der Waals surface area contributed by atoms with Crippen LogP contribution in [0.15, 0.2) is 37.0 Å². The number of hydrogen-bond donors (Lipinski definition) is 0. The molecule has 1 saturated heterocycles. The molecule has 0 amide bonds. The van der Waals surface area contributed by atoms with E-state index in [9.17, 15) is 0 Å². The lowest BCUT2D eigenvalue weighted by Gasteiger charge is -2.40. The minimum absolute atomic E-state index is 0.307. The molecule has 0 spiro atoms. The highest BCUT2D eigenvalue weighted by Crippen LogP contribution is 2.38. The van der Waals surface area contributed by atoms with Gasteiger partial charge < -0.3 is 4.90 Å². The van der Waals surface area contributed by atoms with Gasteiger partial charge in [-0.25, -0.2) is 0 Å². The molecule has 126 valence electrons. The average Bonchev–Trinajstić information content (AvgIpc) is 2.58. The van der Waals surface area contributed by atoms with Crippen molar-refractivity contribution in [3.8, 4) is 0 Å². The first-order chi connectivity index (χ1) is 10.2. The van der Waals surface area contributed by atoms with E-state index in [1.165, 1.54) is 38.0 Å². The van der Waals surface area contributed by atoms with E-state index in [1.54, 1.807) is 0 Å².